The Morgan fingerprint density at radius 3 is 2.25 bits per heavy atom. The van der Waals surface area contributed by atoms with Crippen molar-refractivity contribution < 1.29 is 13.2 Å². The smallest absolute Gasteiger partial charge is 0.221 e. The molecule has 0 unspecified atom stereocenters. The van der Waals surface area contributed by atoms with Crippen LogP contribution in [0.1, 0.15) is 57.8 Å². The first-order chi connectivity index (χ1) is 13.4. The van der Waals surface area contributed by atoms with Gasteiger partial charge in [-0.2, -0.15) is 0 Å². The van der Waals surface area contributed by atoms with Crippen molar-refractivity contribution in [2.75, 3.05) is 25.4 Å². The number of carbonyl (C=O) groups excluding carboxylic acids is 1. The first-order valence-corrected chi connectivity index (χ1v) is 12.4. The van der Waals surface area contributed by atoms with Crippen molar-refractivity contribution >= 4 is 27.3 Å². The third kappa shape index (κ3) is 5.49. The van der Waals surface area contributed by atoms with E-state index in [2.05, 4.69) is 10.2 Å². The lowest BCUT2D eigenvalue weighted by Crippen LogP contribution is -2.58. The normalized spacial score (nSPS) is 20.6. The molecule has 1 aliphatic heterocycles. The number of benzene rings is 1. The molecule has 0 bridgehead atoms. The van der Waals surface area contributed by atoms with Crippen LogP contribution in [0.5, 0.6) is 0 Å². The van der Waals surface area contributed by atoms with Crippen LogP contribution in [0.2, 0.25) is 5.02 Å². The van der Waals surface area contributed by atoms with Crippen LogP contribution in [-0.4, -0.2) is 50.2 Å². The predicted octanol–water partition coefficient (Wildman–Crippen LogP) is 3.81. The van der Waals surface area contributed by atoms with Gasteiger partial charge in [-0.15, -0.1) is 0 Å². The van der Waals surface area contributed by atoms with Crippen LogP contribution in [0.4, 0.5) is 0 Å². The maximum atomic E-state index is 12.4. The number of sulfone groups is 1. The van der Waals surface area contributed by atoms with E-state index in [0.29, 0.717) is 11.6 Å². The molecular weight excluding hydrogens is 396 g/mol. The molecule has 1 aliphatic carbocycles. The number of hydrogen-bond acceptors (Lipinski definition) is 4. The molecule has 28 heavy (non-hydrogen) atoms. The fourth-order valence-corrected chi connectivity index (χ4v) is 5.89. The Morgan fingerprint density at radius 1 is 1.00 bits per heavy atom. The number of nitrogens with one attached hydrogen (secondary N) is 1. The summed E-state index contributed by atoms with van der Waals surface area (Å²) in [6, 6.07) is 6.09. The van der Waals surface area contributed by atoms with Gasteiger partial charge in [0, 0.05) is 23.5 Å². The average molecular weight is 427 g/mol. The molecule has 1 amide bonds. The highest BCUT2D eigenvalue weighted by atomic mass is 35.5. The van der Waals surface area contributed by atoms with E-state index in [4.69, 9.17) is 11.6 Å². The molecule has 2 aliphatic rings. The molecule has 2 fully saturated rings. The lowest BCUT2D eigenvalue weighted by atomic mass is 9.79. The van der Waals surface area contributed by atoms with Crippen LogP contribution in [0.15, 0.2) is 29.2 Å². The number of amides is 1. The van der Waals surface area contributed by atoms with E-state index < -0.39 is 9.84 Å². The number of likely N-dealkylation sites (tertiary alicyclic amines) is 1. The molecule has 0 spiro atoms. The summed E-state index contributed by atoms with van der Waals surface area (Å²) in [5.74, 6) is -0.364. The van der Waals surface area contributed by atoms with Crippen LogP contribution in [0, 0.1) is 0 Å². The molecule has 5 nitrogen and oxygen atoms in total. The van der Waals surface area contributed by atoms with Gasteiger partial charge in [-0.05, 0) is 63.0 Å². The fraction of sp³-hybridized carbons (Fsp3) is 0.667. The lowest BCUT2D eigenvalue weighted by molar-refractivity contribution is -0.121. The largest absolute Gasteiger partial charge is 0.354 e. The van der Waals surface area contributed by atoms with Crippen molar-refractivity contribution in [1.29, 1.82) is 0 Å². The first kappa shape index (κ1) is 21.6. The Bertz CT molecular complexity index is 752. The Balaban J connectivity index is 1.55. The minimum atomic E-state index is -3.48. The summed E-state index contributed by atoms with van der Waals surface area (Å²) in [6.45, 7) is 2.86. The topological polar surface area (TPSA) is 66.5 Å². The van der Waals surface area contributed by atoms with E-state index in [-0.39, 0.29) is 28.5 Å². The summed E-state index contributed by atoms with van der Waals surface area (Å²) < 4.78 is 24.9. The monoisotopic (exact) mass is 426 g/mol. The molecule has 3 rings (SSSR count). The van der Waals surface area contributed by atoms with Gasteiger partial charge in [0.25, 0.3) is 0 Å². The number of halogens is 1. The Morgan fingerprint density at radius 2 is 1.61 bits per heavy atom. The van der Waals surface area contributed by atoms with Gasteiger partial charge in [0.05, 0.1) is 10.6 Å². The maximum Gasteiger partial charge on any atom is 0.221 e. The number of piperidine rings is 1. The van der Waals surface area contributed by atoms with E-state index in [1.165, 1.54) is 50.7 Å². The van der Waals surface area contributed by atoms with E-state index in [1.807, 2.05) is 0 Å². The molecule has 0 atom stereocenters. The van der Waals surface area contributed by atoms with Crippen LogP contribution in [0.25, 0.3) is 0 Å². The van der Waals surface area contributed by atoms with Crippen molar-refractivity contribution in [3.63, 3.8) is 0 Å². The molecule has 1 aromatic carbocycles. The van der Waals surface area contributed by atoms with Crippen LogP contribution in [0.3, 0.4) is 0 Å². The molecule has 0 aromatic heterocycles. The minimum Gasteiger partial charge on any atom is -0.354 e. The predicted molar refractivity (Wildman–Crippen MR) is 112 cm³/mol. The van der Waals surface area contributed by atoms with E-state index in [1.54, 1.807) is 12.1 Å². The van der Waals surface area contributed by atoms with Gasteiger partial charge in [-0.25, -0.2) is 8.42 Å². The Hall–Kier alpha value is -1.11. The van der Waals surface area contributed by atoms with Gasteiger partial charge < -0.3 is 5.32 Å². The summed E-state index contributed by atoms with van der Waals surface area (Å²) in [7, 11) is -3.48. The highest BCUT2D eigenvalue weighted by Crippen LogP contribution is 2.35. The highest BCUT2D eigenvalue weighted by Gasteiger charge is 2.38. The van der Waals surface area contributed by atoms with Crippen molar-refractivity contribution in [3.8, 4) is 0 Å². The SMILES string of the molecule is O=C(CCS(=O)(=O)c1ccc(Cl)cc1)NCC1(N2CCCCC2)CCCCC1. The molecule has 1 heterocycles. The van der Waals surface area contributed by atoms with E-state index in [9.17, 15) is 13.2 Å². The number of hydrogen-bond donors (Lipinski definition) is 1. The molecule has 1 aromatic rings. The van der Waals surface area contributed by atoms with Crippen LogP contribution >= 0.6 is 11.6 Å². The van der Waals surface area contributed by atoms with Gasteiger partial charge in [0.2, 0.25) is 5.91 Å². The van der Waals surface area contributed by atoms with Crippen molar-refractivity contribution in [1.82, 2.24) is 10.2 Å². The van der Waals surface area contributed by atoms with E-state index >= 15 is 0 Å². The second-order valence-electron chi connectivity index (χ2n) is 8.13. The summed E-state index contributed by atoms with van der Waals surface area (Å²) in [6.07, 6.45) is 9.66. The summed E-state index contributed by atoms with van der Waals surface area (Å²) in [5.41, 5.74) is 0.0589. The number of rotatable bonds is 7. The average Bonchev–Trinajstić information content (AvgIpc) is 2.72. The summed E-state index contributed by atoms with van der Waals surface area (Å²) >= 11 is 5.82. The maximum absolute atomic E-state index is 12.4. The lowest BCUT2D eigenvalue weighted by Gasteiger charge is -2.48. The molecule has 156 valence electrons. The molecule has 1 saturated heterocycles. The first-order valence-electron chi connectivity index (χ1n) is 10.4. The van der Waals surface area contributed by atoms with Gasteiger partial charge in [-0.1, -0.05) is 37.3 Å². The van der Waals surface area contributed by atoms with Crippen molar-refractivity contribution in [2.45, 2.75) is 68.2 Å². The third-order valence-electron chi connectivity index (χ3n) is 6.20. The molecule has 0 radical (unpaired) electrons. The molecular formula is C21H31ClN2O3S. The second kappa shape index (κ2) is 9.59. The Labute approximate surface area is 173 Å². The van der Waals surface area contributed by atoms with Gasteiger partial charge in [-0.3, -0.25) is 9.69 Å². The summed E-state index contributed by atoms with van der Waals surface area (Å²) in [4.78, 5) is 15.2. The highest BCUT2D eigenvalue weighted by molar-refractivity contribution is 7.91. The van der Waals surface area contributed by atoms with Gasteiger partial charge in [0.1, 0.15) is 0 Å². The van der Waals surface area contributed by atoms with Crippen LogP contribution < -0.4 is 5.32 Å². The minimum absolute atomic E-state index is 0.0129. The van der Waals surface area contributed by atoms with E-state index in [0.717, 1.165) is 25.9 Å². The van der Waals surface area contributed by atoms with Gasteiger partial charge >= 0.3 is 0 Å². The Kier molecular flexibility index (Phi) is 7.40. The standard InChI is InChI=1S/C21H31ClN2O3S/c22-18-7-9-19(10-8-18)28(26,27)16-11-20(25)23-17-21(12-3-1-4-13-21)24-14-5-2-6-15-24/h7-10H,1-6,11-17H2,(H,23,25). The quantitative estimate of drug-likeness (QED) is 0.719. The zero-order valence-electron chi connectivity index (χ0n) is 16.5. The zero-order valence-corrected chi connectivity index (χ0v) is 18.0. The van der Waals surface area contributed by atoms with Crippen molar-refractivity contribution in [3.05, 3.63) is 29.3 Å². The summed E-state index contributed by atoms with van der Waals surface area (Å²) in [5, 5.41) is 3.55. The fourth-order valence-electron chi connectivity index (χ4n) is 4.52. The van der Waals surface area contributed by atoms with Gasteiger partial charge in [0.15, 0.2) is 9.84 Å². The molecule has 1 saturated carbocycles. The van der Waals surface area contributed by atoms with Crippen LogP contribution in [-0.2, 0) is 14.6 Å². The van der Waals surface area contributed by atoms with Crippen molar-refractivity contribution in [2.24, 2.45) is 0 Å². The second-order valence-corrected chi connectivity index (χ2v) is 10.7. The zero-order chi connectivity index (χ0) is 20.0. The number of carbonyl (C=O) groups is 1. The number of nitrogens with zero attached hydrogens (tertiary/aromatic N) is 1. The molecule has 1 N–H and O–H groups in total. The molecule has 7 heteroatoms. The third-order valence-corrected chi connectivity index (χ3v) is 8.18.